The quantitative estimate of drug-likeness (QED) is 0.643. The first-order valence-electron chi connectivity index (χ1n) is 8.88. The number of amides is 1. The van der Waals surface area contributed by atoms with E-state index in [9.17, 15) is 18.0 Å². The Hall–Kier alpha value is -2.55. The summed E-state index contributed by atoms with van der Waals surface area (Å²) in [5, 5.41) is 2.59. The molecular weight excluding hydrogens is 386 g/mol. The second-order valence-corrected chi connectivity index (χ2v) is 8.67. The number of rotatable bonds is 8. The van der Waals surface area contributed by atoms with E-state index in [0.29, 0.717) is 17.9 Å². The number of carbonyl (C=O) groups is 2. The zero-order valence-electron chi connectivity index (χ0n) is 16.1. The van der Waals surface area contributed by atoms with Crippen molar-refractivity contribution in [2.24, 2.45) is 0 Å². The normalized spacial score (nSPS) is 19.2. The Labute approximate surface area is 164 Å². The van der Waals surface area contributed by atoms with Gasteiger partial charge in [-0.1, -0.05) is 18.2 Å². The molecule has 0 bridgehead atoms. The number of methoxy groups -OCH3 is 1. The van der Waals surface area contributed by atoms with Gasteiger partial charge in [0.15, 0.2) is 34.0 Å². The fourth-order valence-corrected chi connectivity index (χ4v) is 4.42. The van der Waals surface area contributed by atoms with Gasteiger partial charge in [-0.3, -0.25) is 4.79 Å². The van der Waals surface area contributed by atoms with E-state index in [1.54, 1.807) is 12.1 Å². The van der Waals surface area contributed by atoms with E-state index in [1.807, 2.05) is 25.1 Å². The van der Waals surface area contributed by atoms with Gasteiger partial charge >= 0.3 is 5.97 Å². The third-order valence-electron chi connectivity index (χ3n) is 4.15. The minimum atomic E-state index is -3.10. The maximum absolute atomic E-state index is 12.1. The molecule has 1 fully saturated rings. The first-order chi connectivity index (χ1) is 13.2. The molecule has 9 heteroatoms. The van der Waals surface area contributed by atoms with Gasteiger partial charge in [0, 0.05) is 6.04 Å². The topological polar surface area (TPSA) is 108 Å². The van der Waals surface area contributed by atoms with Crippen LogP contribution in [0.2, 0.25) is 0 Å². The average molecular weight is 411 g/mol. The number of allylic oxidation sites excluding steroid dienone is 1. The number of hydrogen-bond acceptors (Lipinski definition) is 7. The molecule has 1 aromatic rings. The monoisotopic (exact) mass is 411 g/mol. The van der Waals surface area contributed by atoms with Crippen LogP contribution in [0.3, 0.4) is 0 Å². The summed E-state index contributed by atoms with van der Waals surface area (Å²) in [5.41, 5.74) is 0.925. The molecule has 0 saturated carbocycles. The van der Waals surface area contributed by atoms with Crippen LogP contribution in [0.15, 0.2) is 24.3 Å². The maximum atomic E-state index is 12.1. The number of benzene rings is 1. The lowest BCUT2D eigenvalue weighted by molar-refractivity contribution is -0.156. The summed E-state index contributed by atoms with van der Waals surface area (Å²) >= 11 is 0. The molecule has 2 atom stereocenters. The molecule has 28 heavy (non-hydrogen) atoms. The standard InChI is InChI=1S/C19H25NO7S/c1-4-5-14-6-7-16(17(10-14)25-3)26-11-18(21)27-13(2)19(22)20-15-8-9-28(23,24)12-15/h4-7,10,13,15H,8-9,11-12H2,1-3H3,(H,20,22)/b5-4+/t13-,15+/m1/s1. The Kier molecular flexibility index (Phi) is 7.45. The molecule has 0 aromatic heterocycles. The number of carbonyl (C=O) groups excluding carboxylic acids is 2. The molecule has 8 nitrogen and oxygen atoms in total. The summed E-state index contributed by atoms with van der Waals surface area (Å²) in [6, 6.07) is 4.81. The van der Waals surface area contributed by atoms with E-state index in [1.165, 1.54) is 14.0 Å². The van der Waals surface area contributed by atoms with Crippen molar-refractivity contribution >= 4 is 27.8 Å². The Morgan fingerprint density at radius 1 is 1.32 bits per heavy atom. The number of sulfone groups is 1. The number of esters is 1. The highest BCUT2D eigenvalue weighted by Crippen LogP contribution is 2.28. The van der Waals surface area contributed by atoms with Crippen molar-refractivity contribution in [3.63, 3.8) is 0 Å². The average Bonchev–Trinajstić information content (AvgIpc) is 2.98. The Balaban J connectivity index is 1.84. The highest BCUT2D eigenvalue weighted by molar-refractivity contribution is 7.91. The highest BCUT2D eigenvalue weighted by atomic mass is 32.2. The van der Waals surface area contributed by atoms with E-state index >= 15 is 0 Å². The SMILES string of the molecule is C/C=C/c1ccc(OCC(=O)O[C@H](C)C(=O)N[C@H]2CCS(=O)(=O)C2)c(OC)c1. The van der Waals surface area contributed by atoms with Crippen LogP contribution in [-0.4, -0.2) is 57.7 Å². The van der Waals surface area contributed by atoms with E-state index < -0.39 is 40.5 Å². The van der Waals surface area contributed by atoms with Gasteiger partial charge in [0.1, 0.15) is 0 Å². The summed E-state index contributed by atoms with van der Waals surface area (Å²) < 4.78 is 38.6. The van der Waals surface area contributed by atoms with E-state index in [2.05, 4.69) is 5.32 Å². The minimum Gasteiger partial charge on any atom is -0.493 e. The minimum absolute atomic E-state index is 0.0502. The second-order valence-electron chi connectivity index (χ2n) is 6.44. The summed E-state index contributed by atoms with van der Waals surface area (Å²) in [4.78, 5) is 24.0. The second kappa shape index (κ2) is 9.59. The van der Waals surface area contributed by atoms with Gasteiger partial charge in [-0.2, -0.15) is 0 Å². The number of ether oxygens (including phenoxy) is 3. The van der Waals surface area contributed by atoms with Gasteiger partial charge < -0.3 is 19.5 Å². The van der Waals surface area contributed by atoms with Gasteiger partial charge in [0.25, 0.3) is 5.91 Å². The molecule has 2 rings (SSSR count). The van der Waals surface area contributed by atoms with Crippen LogP contribution in [0.25, 0.3) is 6.08 Å². The molecule has 1 N–H and O–H groups in total. The molecule has 154 valence electrons. The third-order valence-corrected chi connectivity index (χ3v) is 5.92. The number of hydrogen-bond donors (Lipinski definition) is 1. The van der Waals surface area contributed by atoms with Crippen molar-refractivity contribution in [3.05, 3.63) is 29.8 Å². The molecule has 0 aliphatic carbocycles. The molecule has 0 radical (unpaired) electrons. The highest BCUT2D eigenvalue weighted by Gasteiger charge is 2.30. The van der Waals surface area contributed by atoms with Crippen LogP contribution in [0.4, 0.5) is 0 Å². The number of nitrogens with one attached hydrogen (secondary N) is 1. The van der Waals surface area contributed by atoms with Crippen LogP contribution < -0.4 is 14.8 Å². The first-order valence-corrected chi connectivity index (χ1v) is 10.7. The lowest BCUT2D eigenvalue weighted by atomic mass is 10.2. The van der Waals surface area contributed by atoms with Crippen LogP contribution in [0.5, 0.6) is 11.5 Å². The predicted octanol–water partition coefficient (Wildman–Crippen LogP) is 1.34. The van der Waals surface area contributed by atoms with Crippen molar-refractivity contribution in [2.75, 3.05) is 25.2 Å². The Morgan fingerprint density at radius 2 is 2.07 bits per heavy atom. The summed E-state index contributed by atoms with van der Waals surface area (Å²) in [6.07, 6.45) is 3.09. The third kappa shape index (κ3) is 6.26. The van der Waals surface area contributed by atoms with Crippen molar-refractivity contribution in [3.8, 4) is 11.5 Å². The Bertz CT molecular complexity index is 848. The van der Waals surface area contributed by atoms with E-state index in [0.717, 1.165) is 5.56 Å². The van der Waals surface area contributed by atoms with Crippen molar-refractivity contribution in [1.82, 2.24) is 5.32 Å². The van der Waals surface area contributed by atoms with E-state index in [4.69, 9.17) is 14.2 Å². The fourth-order valence-electron chi connectivity index (χ4n) is 2.75. The molecule has 1 aliphatic heterocycles. The van der Waals surface area contributed by atoms with Crippen molar-refractivity contribution < 1.29 is 32.2 Å². The van der Waals surface area contributed by atoms with Gasteiger partial charge in [-0.05, 0) is 38.0 Å². The molecular formula is C19H25NO7S. The smallest absolute Gasteiger partial charge is 0.344 e. The largest absolute Gasteiger partial charge is 0.493 e. The lowest BCUT2D eigenvalue weighted by Gasteiger charge is -2.17. The van der Waals surface area contributed by atoms with Crippen molar-refractivity contribution in [1.29, 1.82) is 0 Å². The predicted molar refractivity (Wildman–Crippen MR) is 104 cm³/mol. The van der Waals surface area contributed by atoms with Crippen LogP contribution in [-0.2, 0) is 24.2 Å². The zero-order chi connectivity index (χ0) is 20.7. The van der Waals surface area contributed by atoms with Crippen LogP contribution in [0.1, 0.15) is 25.8 Å². The summed E-state index contributed by atoms with van der Waals surface area (Å²) in [6.45, 7) is 2.92. The van der Waals surface area contributed by atoms with Crippen LogP contribution >= 0.6 is 0 Å². The van der Waals surface area contributed by atoms with E-state index in [-0.39, 0.29) is 11.5 Å². The molecule has 1 heterocycles. The maximum Gasteiger partial charge on any atom is 0.344 e. The van der Waals surface area contributed by atoms with Gasteiger partial charge in [0.05, 0.1) is 18.6 Å². The van der Waals surface area contributed by atoms with Gasteiger partial charge in [-0.15, -0.1) is 0 Å². The van der Waals surface area contributed by atoms with Crippen LogP contribution in [0, 0.1) is 0 Å². The molecule has 1 amide bonds. The summed E-state index contributed by atoms with van der Waals surface area (Å²) in [7, 11) is -1.61. The molecule has 1 aromatic carbocycles. The Morgan fingerprint density at radius 3 is 2.68 bits per heavy atom. The zero-order valence-corrected chi connectivity index (χ0v) is 17.0. The summed E-state index contributed by atoms with van der Waals surface area (Å²) in [5.74, 6) is -0.456. The van der Waals surface area contributed by atoms with Gasteiger partial charge in [0.2, 0.25) is 0 Å². The van der Waals surface area contributed by atoms with Gasteiger partial charge in [-0.25, -0.2) is 13.2 Å². The molecule has 1 aliphatic rings. The molecule has 0 spiro atoms. The lowest BCUT2D eigenvalue weighted by Crippen LogP contribution is -2.43. The van der Waals surface area contributed by atoms with Crippen molar-refractivity contribution in [2.45, 2.75) is 32.4 Å². The molecule has 1 saturated heterocycles. The first kappa shape index (κ1) is 21.7. The fraction of sp³-hybridized carbons (Fsp3) is 0.474. The molecule has 0 unspecified atom stereocenters.